The number of rotatable bonds is 12. The van der Waals surface area contributed by atoms with Crippen molar-refractivity contribution in [1.29, 1.82) is 0 Å². The maximum Gasteiger partial charge on any atom is 0.220 e. The summed E-state index contributed by atoms with van der Waals surface area (Å²) in [5, 5.41) is 12.9. The van der Waals surface area contributed by atoms with Gasteiger partial charge in [-0.25, -0.2) is 0 Å². The lowest BCUT2D eigenvalue weighted by Crippen LogP contribution is -2.32. The monoisotopic (exact) mass is 500 g/mol. The number of hydrogen-bond donors (Lipinski definition) is 1. The van der Waals surface area contributed by atoms with Crippen molar-refractivity contribution >= 4 is 17.7 Å². The Morgan fingerprint density at radius 1 is 1.00 bits per heavy atom. The van der Waals surface area contributed by atoms with E-state index in [0.717, 1.165) is 53.0 Å². The van der Waals surface area contributed by atoms with Crippen LogP contribution in [0.15, 0.2) is 90.1 Å². The highest BCUT2D eigenvalue weighted by molar-refractivity contribution is 7.99. The van der Waals surface area contributed by atoms with Gasteiger partial charge < -0.3 is 10.1 Å². The van der Waals surface area contributed by atoms with Gasteiger partial charge in [0.05, 0.1) is 7.11 Å². The number of amides is 1. The molecule has 0 radical (unpaired) electrons. The van der Waals surface area contributed by atoms with Crippen LogP contribution in [0.25, 0.3) is 17.1 Å². The minimum Gasteiger partial charge on any atom is -0.497 e. The Labute approximate surface area is 217 Å². The molecule has 1 heterocycles. The van der Waals surface area contributed by atoms with E-state index in [2.05, 4.69) is 51.3 Å². The van der Waals surface area contributed by atoms with Crippen LogP contribution in [0.2, 0.25) is 0 Å². The first kappa shape index (κ1) is 25.5. The molecule has 0 aliphatic heterocycles. The number of benzene rings is 3. The number of carbonyl (C=O) groups excluding carboxylic acids is 1. The molecule has 0 spiro atoms. The number of aromatic nitrogens is 3. The molecule has 1 N–H and O–H groups in total. The molecule has 6 nitrogen and oxygen atoms in total. The summed E-state index contributed by atoms with van der Waals surface area (Å²) in [7, 11) is 1.66. The number of methoxy groups -OCH3 is 1. The molecule has 0 aliphatic carbocycles. The highest BCUT2D eigenvalue weighted by Gasteiger charge is 2.17. The first-order chi connectivity index (χ1) is 17.6. The highest BCUT2D eigenvalue weighted by atomic mass is 32.2. The molecule has 0 fully saturated rings. The van der Waals surface area contributed by atoms with Gasteiger partial charge in [0.15, 0.2) is 11.0 Å². The summed E-state index contributed by atoms with van der Waals surface area (Å²) in [5.41, 5.74) is 3.22. The van der Waals surface area contributed by atoms with E-state index < -0.39 is 0 Å². The van der Waals surface area contributed by atoms with Gasteiger partial charge in [-0.2, -0.15) is 0 Å². The molecule has 1 unspecified atom stereocenters. The minimum absolute atomic E-state index is 0.0951. The van der Waals surface area contributed by atoms with Gasteiger partial charge in [-0.05, 0) is 56.0 Å². The van der Waals surface area contributed by atoms with Gasteiger partial charge >= 0.3 is 0 Å². The summed E-state index contributed by atoms with van der Waals surface area (Å²) >= 11 is 1.61. The number of carbonyl (C=O) groups is 1. The second-order valence-electron chi connectivity index (χ2n) is 8.65. The van der Waals surface area contributed by atoms with Gasteiger partial charge in [-0.1, -0.05) is 72.4 Å². The summed E-state index contributed by atoms with van der Waals surface area (Å²) in [6.45, 7) is 2.07. The summed E-state index contributed by atoms with van der Waals surface area (Å²) in [6.07, 6.45) is 3.14. The normalized spacial score (nSPS) is 11.7. The fourth-order valence-corrected chi connectivity index (χ4v) is 4.86. The molecule has 3 aromatic carbocycles. The third-order valence-corrected chi connectivity index (χ3v) is 6.89. The third-order valence-electron chi connectivity index (χ3n) is 5.87. The molecular weight excluding hydrogens is 468 g/mol. The van der Waals surface area contributed by atoms with Crippen molar-refractivity contribution in [3.05, 3.63) is 90.5 Å². The molecule has 1 atom stereocenters. The zero-order valence-electron chi connectivity index (χ0n) is 20.8. The lowest BCUT2D eigenvalue weighted by Gasteiger charge is -2.14. The van der Waals surface area contributed by atoms with Gasteiger partial charge in [0, 0.05) is 29.5 Å². The van der Waals surface area contributed by atoms with Gasteiger partial charge in [0.1, 0.15) is 5.75 Å². The van der Waals surface area contributed by atoms with Crippen LogP contribution in [0.3, 0.4) is 0 Å². The largest absolute Gasteiger partial charge is 0.497 e. The van der Waals surface area contributed by atoms with Gasteiger partial charge in [-0.3, -0.25) is 9.36 Å². The maximum atomic E-state index is 12.4. The van der Waals surface area contributed by atoms with Crippen LogP contribution >= 0.6 is 11.8 Å². The minimum atomic E-state index is 0.0951. The summed E-state index contributed by atoms with van der Waals surface area (Å²) in [6, 6.07) is 28.4. The van der Waals surface area contributed by atoms with Gasteiger partial charge in [0.2, 0.25) is 5.91 Å². The Hall–Kier alpha value is -3.58. The van der Waals surface area contributed by atoms with Crippen LogP contribution in [-0.4, -0.2) is 39.6 Å². The number of hydrogen-bond acceptors (Lipinski definition) is 5. The molecule has 4 rings (SSSR count). The Bertz CT molecular complexity index is 1240. The van der Waals surface area contributed by atoms with E-state index in [1.807, 2.05) is 60.7 Å². The van der Waals surface area contributed by atoms with Crippen LogP contribution in [0.1, 0.15) is 31.7 Å². The van der Waals surface area contributed by atoms with Crippen LogP contribution in [0.4, 0.5) is 0 Å². The van der Waals surface area contributed by atoms with Gasteiger partial charge in [0.25, 0.3) is 0 Å². The Kier molecular flexibility index (Phi) is 9.16. The van der Waals surface area contributed by atoms with Crippen molar-refractivity contribution in [1.82, 2.24) is 20.1 Å². The lowest BCUT2D eigenvalue weighted by atomic mass is 10.1. The molecule has 1 amide bonds. The summed E-state index contributed by atoms with van der Waals surface area (Å²) in [4.78, 5) is 12.4. The van der Waals surface area contributed by atoms with Crippen LogP contribution < -0.4 is 10.1 Å². The van der Waals surface area contributed by atoms with Crippen molar-refractivity contribution in [3.63, 3.8) is 0 Å². The number of thioether (sulfide) groups is 1. The fourth-order valence-electron chi connectivity index (χ4n) is 3.97. The molecule has 1 aromatic heterocycles. The summed E-state index contributed by atoms with van der Waals surface area (Å²) < 4.78 is 7.46. The fraction of sp³-hybridized carbons (Fsp3) is 0.276. The molecule has 0 aliphatic rings. The second-order valence-corrected chi connectivity index (χ2v) is 9.72. The van der Waals surface area contributed by atoms with E-state index >= 15 is 0 Å². The van der Waals surface area contributed by atoms with Crippen LogP contribution in [0.5, 0.6) is 5.75 Å². The number of nitrogens with one attached hydrogen (secondary N) is 1. The number of ether oxygens (including phenoxy) is 1. The second kappa shape index (κ2) is 12.9. The maximum absolute atomic E-state index is 12.4. The Balaban J connectivity index is 1.33. The predicted molar refractivity (Wildman–Crippen MR) is 146 cm³/mol. The number of nitrogens with zero attached hydrogens (tertiary/aromatic N) is 3. The Morgan fingerprint density at radius 2 is 1.75 bits per heavy atom. The number of para-hydroxylation sites is 1. The van der Waals surface area contributed by atoms with E-state index in [0.29, 0.717) is 6.42 Å². The molecule has 7 heteroatoms. The molecule has 0 saturated carbocycles. The SMILES string of the molecule is COc1cccc(-c2nnc(SCCCC(=O)NC(C)CCc3ccccc3)n2-c2ccccc2)c1. The molecule has 0 saturated heterocycles. The quantitative estimate of drug-likeness (QED) is 0.192. The summed E-state index contributed by atoms with van der Waals surface area (Å²) in [5.74, 6) is 2.40. The van der Waals surface area contributed by atoms with E-state index in [9.17, 15) is 4.79 Å². The van der Waals surface area contributed by atoms with E-state index in [1.54, 1.807) is 18.9 Å². The third kappa shape index (κ3) is 6.98. The molecule has 186 valence electrons. The smallest absolute Gasteiger partial charge is 0.220 e. The average molecular weight is 501 g/mol. The molecule has 36 heavy (non-hydrogen) atoms. The van der Waals surface area contributed by atoms with Gasteiger partial charge in [-0.15, -0.1) is 10.2 Å². The lowest BCUT2D eigenvalue weighted by molar-refractivity contribution is -0.121. The standard InChI is InChI=1S/C29H32N4O2S/c1-22(18-19-23-11-5-3-6-12-23)30-27(34)17-10-20-36-29-32-31-28(24-13-9-16-26(21-24)35-2)33(29)25-14-7-4-8-15-25/h3-9,11-16,21-22H,10,17-20H2,1-2H3,(H,30,34). The van der Waals surface area contributed by atoms with Crippen LogP contribution in [-0.2, 0) is 11.2 Å². The number of aryl methyl sites for hydroxylation is 1. The highest BCUT2D eigenvalue weighted by Crippen LogP contribution is 2.30. The zero-order chi connectivity index (χ0) is 25.2. The van der Waals surface area contributed by atoms with Crippen LogP contribution in [0, 0.1) is 0 Å². The van der Waals surface area contributed by atoms with E-state index in [4.69, 9.17) is 4.74 Å². The van der Waals surface area contributed by atoms with Crippen molar-refractivity contribution in [2.24, 2.45) is 0 Å². The molecule has 0 bridgehead atoms. The van der Waals surface area contributed by atoms with Crippen molar-refractivity contribution < 1.29 is 9.53 Å². The van der Waals surface area contributed by atoms with E-state index in [1.165, 1.54) is 5.56 Å². The van der Waals surface area contributed by atoms with Crippen molar-refractivity contribution in [3.8, 4) is 22.8 Å². The molecular formula is C29H32N4O2S. The first-order valence-corrected chi connectivity index (χ1v) is 13.2. The first-order valence-electron chi connectivity index (χ1n) is 12.3. The zero-order valence-corrected chi connectivity index (χ0v) is 21.6. The average Bonchev–Trinajstić information content (AvgIpc) is 3.35. The molecule has 4 aromatic rings. The van der Waals surface area contributed by atoms with Crippen molar-refractivity contribution in [2.75, 3.05) is 12.9 Å². The van der Waals surface area contributed by atoms with Crippen molar-refractivity contribution in [2.45, 2.75) is 43.8 Å². The topological polar surface area (TPSA) is 69.0 Å². The Morgan fingerprint density at radius 3 is 2.50 bits per heavy atom. The van der Waals surface area contributed by atoms with E-state index in [-0.39, 0.29) is 11.9 Å². The predicted octanol–water partition coefficient (Wildman–Crippen LogP) is 5.95.